The van der Waals surface area contributed by atoms with Crippen molar-refractivity contribution in [1.29, 1.82) is 0 Å². The first kappa shape index (κ1) is 19.8. The van der Waals surface area contributed by atoms with Gasteiger partial charge in [-0.2, -0.15) is 10.1 Å². The highest BCUT2D eigenvalue weighted by atomic mass is 35.5. The predicted molar refractivity (Wildman–Crippen MR) is 103 cm³/mol. The number of nitro benzene ring substituents is 1. The zero-order valence-electron chi connectivity index (χ0n) is 14.4. The Morgan fingerprint density at radius 1 is 1.24 bits per heavy atom. The second-order valence-corrected chi connectivity index (χ2v) is 6.07. The number of rotatable bonds is 5. The molecule has 0 aliphatic rings. The smallest absolute Gasteiger partial charge is 0.301 e. The lowest BCUT2D eigenvalue weighted by Gasteiger charge is -2.04. The second-order valence-electron chi connectivity index (χ2n) is 5.66. The number of H-pyrrole nitrogens is 1. The van der Waals surface area contributed by atoms with Crippen molar-refractivity contribution >= 4 is 29.4 Å². The minimum absolute atomic E-state index is 0.0288. The van der Waals surface area contributed by atoms with Gasteiger partial charge < -0.3 is 4.98 Å². The van der Waals surface area contributed by atoms with Gasteiger partial charge in [-0.15, -0.1) is 0 Å². The summed E-state index contributed by atoms with van der Waals surface area (Å²) < 4.78 is 13.0. The number of aromatic nitrogens is 2. The van der Waals surface area contributed by atoms with Crippen LogP contribution in [-0.2, 0) is 0 Å². The van der Waals surface area contributed by atoms with Gasteiger partial charge in [0.15, 0.2) is 0 Å². The molecule has 0 unspecified atom stereocenters. The van der Waals surface area contributed by atoms with E-state index in [4.69, 9.17) is 11.6 Å². The monoisotopic (exact) mass is 415 g/mol. The number of nitrogens with one attached hydrogen (secondary N) is 2. The zero-order valence-corrected chi connectivity index (χ0v) is 15.2. The molecule has 0 atom stereocenters. The van der Waals surface area contributed by atoms with Crippen LogP contribution in [0.4, 0.5) is 10.1 Å². The maximum atomic E-state index is 13.0. The number of hydrogen-bond acceptors (Lipinski definition) is 6. The number of nitro groups is 1. The zero-order chi connectivity index (χ0) is 21.0. The van der Waals surface area contributed by atoms with E-state index in [-0.39, 0.29) is 22.1 Å². The minimum Gasteiger partial charge on any atom is -0.301 e. The van der Waals surface area contributed by atoms with Gasteiger partial charge in [0.05, 0.1) is 16.8 Å². The van der Waals surface area contributed by atoms with Gasteiger partial charge in [-0.3, -0.25) is 14.9 Å². The summed E-state index contributed by atoms with van der Waals surface area (Å²) >= 11 is 5.73. The van der Waals surface area contributed by atoms with Crippen molar-refractivity contribution in [3.63, 3.8) is 0 Å². The van der Waals surface area contributed by atoms with Crippen molar-refractivity contribution in [3.05, 3.63) is 91.2 Å². The van der Waals surface area contributed by atoms with Crippen molar-refractivity contribution in [2.75, 3.05) is 0 Å². The topological polar surface area (TPSA) is 130 Å². The summed E-state index contributed by atoms with van der Waals surface area (Å²) in [6.45, 7) is 0. The van der Waals surface area contributed by atoms with E-state index < -0.39 is 22.3 Å². The van der Waals surface area contributed by atoms with E-state index in [9.17, 15) is 24.1 Å². The molecule has 9 nitrogen and oxygen atoms in total. The summed E-state index contributed by atoms with van der Waals surface area (Å²) in [5.74, 6) is -1.19. The molecule has 0 radical (unpaired) electrons. The van der Waals surface area contributed by atoms with Crippen LogP contribution in [0.5, 0.6) is 0 Å². The molecule has 0 aliphatic carbocycles. The summed E-state index contributed by atoms with van der Waals surface area (Å²) in [7, 11) is 0. The lowest BCUT2D eigenvalue weighted by atomic mass is 10.1. The first-order chi connectivity index (χ1) is 13.8. The molecule has 1 heterocycles. The van der Waals surface area contributed by atoms with E-state index in [0.717, 1.165) is 0 Å². The van der Waals surface area contributed by atoms with Crippen LogP contribution >= 0.6 is 11.6 Å². The highest BCUT2D eigenvalue weighted by Gasteiger charge is 2.13. The molecule has 11 heteroatoms. The van der Waals surface area contributed by atoms with Crippen LogP contribution in [0.2, 0.25) is 5.02 Å². The number of nitrogens with zero attached hydrogens (tertiary/aromatic N) is 3. The van der Waals surface area contributed by atoms with E-state index in [1.807, 2.05) is 0 Å². The molecular weight excluding hydrogens is 405 g/mol. The molecule has 0 aliphatic heterocycles. The molecule has 0 bridgehead atoms. The van der Waals surface area contributed by atoms with Crippen LogP contribution < -0.4 is 11.1 Å². The Kier molecular flexibility index (Phi) is 5.74. The van der Waals surface area contributed by atoms with Gasteiger partial charge in [-0.05, 0) is 36.4 Å². The Labute approximate surface area is 167 Å². The molecule has 0 spiro atoms. The van der Waals surface area contributed by atoms with E-state index in [1.165, 1.54) is 54.7 Å². The molecule has 3 aromatic rings. The minimum atomic E-state index is -0.769. The Morgan fingerprint density at radius 3 is 2.66 bits per heavy atom. The van der Waals surface area contributed by atoms with Gasteiger partial charge in [0.1, 0.15) is 16.5 Å². The molecule has 1 aromatic heterocycles. The number of aromatic amines is 1. The van der Waals surface area contributed by atoms with Crippen molar-refractivity contribution in [3.8, 4) is 11.3 Å². The summed E-state index contributed by atoms with van der Waals surface area (Å²) in [4.78, 5) is 40.3. The van der Waals surface area contributed by atoms with E-state index in [1.54, 1.807) is 0 Å². The van der Waals surface area contributed by atoms with Crippen LogP contribution in [0.15, 0.2) is 58.4 Å². The standard InChI is InChI=1S/C18H11ClFN5O4/c19-13-6-1-10(7-16(13)25(28)29)9-21-24-17(26)15-8-14(22-18(27)23-15)11-2-4-12(20)5-3-11/h1-9H,(H,24,26)(H,22,23,27)/b21-9+. The van der Waals surface area contributed by atoms with Crippen LogP contribution in [0, 0.1) is 15.9 Å². The predicted octanol–water partition coefficient (Wildman–Crippen LogP) is 2.90. The lowest BCUT2D eigenvalue weighted by molar-refractivity contribution is -0.384. The molecular formula is C18H11ClFN5O4. The third-order valence-electron chi connectivity index (χ3n) is 3.68. The average Bonchev–Trinajstić information content (AvgIpc) is 2.69. The highest BCUT2D eigenvalue weighted by Crippen LogP contribution is 2.24. The third kappa shape index (κ3) is 4.87. The van der Waals surface area contributed by atoms with Gasteiger partial charge in [0.2, 0.25) is 0 Å². The highest BCUT2D eigenvalue weighted by molar-refractivity contribution is 6.32. The quantitative estimate of drug-likeness (QED) is 0.376. The number of carbonyl (C=O) groups is 1. The van der Waals surface area contributed by atoms with E-state index in [0.29, 0.717) is 11.1 Å². The molecule has 29 heavy (non-hydrogen) atoms. The molecule has 3 rings (SSSR count). The average molecular weight is 416 g/mol. The molecule has 1 amide bonds. The van der Waals surface area contributed by atoms with Crippen LogP contribution in [0.3, 0.4) is 0 Å². The Balaban J connectivity index is 1.78. The maximum Gasteiger partial charge on any atom is 0.346 e. The van der Waals surface area contributed by atoms with Gasteiger partial charge in [0, 0.05) is 17.2 Å². The Hall–Kier alpha value is -3.92. The normalized spacial score (nSPS) is 10.8. The van der Waals surface area contributed by atoms with Gasteiger partial charge >= 0.3 is 5.69 Å². The molecule has 2 N–H and O–H groups in total. The number of carbonyl (C=O) groups excluding carboxylic acids is 1. The fourth-order valence-electron chi connectivity index (χ4n) is 2.32. The van der Waals surface area contributed by atoms with Gasteiger partial charge in [-0.1, -0.05) is 17.7 Å². The summed E-state index contributed by atoms with van der Waals surface area (Å²) in [6, 6.07) is 10.6. The Bertz CT molecular complexity index is 1180. The molecule has 0 fully saturated rings. The van der Waals surface area contributed by atoms with Crippen molar-refractivity contribution in [2.24, 2.45) is 5.10 Å². The molecule has 0 saturated carbocycles. The van der Waals surface area contributed by atoms with Crippen molar-refractivity contribution in [1.82, 2.24) is 15.4 Å². The van der Waals surface area contributed by atoms with E-state index in [2.05, 4.69) is 20.5 Å². The number of benzene rings is 2. The number of halogens is 2. The fourth-order valence-corrected chi connectivity index (χ4v) is 2.51. The SMILES string of the molecule is O=C(N/N=C/c1ccc(Cl)c([N+](=O)[O-])c1)c1cc(-c2ccc(F)cc2)nc(=O)[nH]1. The first-order valence-electron chi connectivity index (χ1n) is 7.98. The molecule has 146 valence electrons. The first-order valence-corrected chi connectivity index (χ1v) is 8.36. The number of hydrogen-bond donors (Lipinski definition) is 2. The second kappa shape index (κ2) is 8.40. The van der Waals surface area contributed by atoms with Crippen LogP contribution in [-0.4, -0.2) is 27.0 Å². The summed E-state index contributed by atoms with van der Waals surface area (Å²) in [5.41, 5.74) is 1.96. The summed E-state index contributed by atoms with van der Waals surface area (Å²) in [6.07, 6.45) is 1.18. The molecule has 2 aromatic carbocycles. The lowest BCUT2D eigenvalue weighted by Crippen LogP contribution is -2.24. The van der Waals surface area contributed by atoms with Gasteiger partial charge in [0.25, 0.3) is 11.6 Å². The van der Waals surface area contributed by atoms with Gasteiger partial charge in [-0.25, -0.2) is 14.6 Å². The summed E-state index contributed by atoms with van der Waals surface area (Å²) in [5, 5.41) is 14.6. The Morgan fingerprint density at radius 2 is 1.97 bits per heavy atom. The van der Waals surface area contributed by atoms with Crippen LogP contribution in [0.1, 0.15) is 16.1 Å². The number of amides is 1. The fraction of sp³-hybridized carbons (Fsp3) is 0. The van der Waals surface area contributed by atoms with Crippen molar-refractivity contribution < 1.29 is 14.1 Å². The van der Waals surface area contributed by atoms with Crippen molar-refractivity contribution in [2.45, 2.75) is 0 Å². The number of hydrazone groups is 1. The van der Waals surface area contributed by atoms with E-state index >= 15 is 0 Å². The largest absolute Gasteiger partial charge is 0.346 e. The maximum absolute atomic E-state index is 13.0. The van der Waals surface area contributed by atoms with Crippen LogP contribution in [0.25, 0.3) is 11.3 Å². The molecule has 0 saturated heterocycles. The third-order valence-corrected chi connectivity index (χ3v) is 4.00.